The zero-order valence-corrected chi connectivity index (χ0v) is 18.7. The van der Waals surface area contributed by atoms with Crippen molar-refractivity contribution in [1.29, 1.82) is 0 Å². The molecule has 0 radical (unpaired) electrons. The molecule has 1 nitrogen and oxygen atoms in total. The Balaban J connectivity index is 2.96. The van der Waals surface area contributed by atoms with Crippen molar-refractivity contribution >= 4 is 45.8 Å². The smallest absolute Gasteiger partial charge is 0.140 e. The number of rotatable bonds is 11. The zero-order chi connectivity index (χ0) is 18.1. The van der Waals surface area contributed by atoms with Crippen LogP contribution >= 0.6 is 45.8 Å². The highest BCUT2D eigenvalue weighted by atomic mass is 127. The summed E-state index contributed by atoms with van der Waals surface area (Å²) in [4.78, 5) is 0. The van der Waals surface area contributed by atoms with Crippen LogP contribution in [0.2, 0.25) is 0 Å². The summed E-state index contributed by atoms with van der Waals surface area (Å²) in [6, 6.07) is 0. The average molecular weight is 483 g/mol. The molecular formula is C20H31Cl2IN+. The minimum absolute atomic E-state index is 0.0942. The predicted octanol–water partition coefficient (Wildman–Crippen LogP) is 6.29. The molecule has 1 rings (SSSR count). The second-order valence-electron chi connectivity index (χ2n) is 6.94. The van der Waals surface area contributed by atoms with E-state index in [1.54, 1.807) is 0 Å². The second kappa shape index (κ2) is 11.1. The fraction of sp³-hybridized carbons (Fsp3) is 0.700. The van der Waals surface area contributed by atoms with E-state index in [1.807, 2.05) is 12.2 Å². The van der Waals surface area contributed by atoms with Crippen LogP contribution < -0.4 is 0 Å². The average Bonchev–Trinajstić information content (AvgIpc) is 2.53. The topological polar surface area (TPSA) is 0 Å². The molecule has 2 unspecified atom stereocenters. The third-order valence-corrected chi connectivity index (χ3v) is 7.27. The maximum absolute atomic E-state index is 6.67. The van der Waals surface area contributed by atoms with Gasteiger partial charge in [0.25, 0.3) is 0 Å². The molecule has 0 saturated heterocycles. The molecule has 0 bridgehead atoms. The molecule has 0 N–H and O–H groups in total. The van der Waals surface area contributed by atoms with Gasteiger partial charge in [0.2, 0.25) is 0 Å². The first-order valence-corrected chi connectivity index (χ1v) is 11.0. The van der Waals surface area contributed by atoms with Gasteiger partial charge in [-0.15, -0.1) is 18.0 Å². The van der Waals surface area contributed by atoms with Crippen LogP contribution in [0.3, 0.4) is 0 Å². The Morgan fingerprint density at radius 3 is 2.25 bits per heavy atom. The molecule has 0 saturated carbocycles. The number of halogens is 3. The van der Waals surface area contributed by atoms with Crippen LogP contribution in [0.5, 0.6) is 0 Å². The standard InChI is InChI=1S/C20H31Cl2IN/c1-4-7-9-14-24(13-6-3,15-10-8-5-2)17-20(23)12-11-18(21)16-19(20)22/h3,11-12,16,19H,4-5,7-10,13-15,17H2,1-2H3/q+1. The first-order valence-electron chi connectivity index (χ1n) is 9.09. The number of allylic oxidation sites excluding steroid dienone is 3. The Bertz CT molecular complexity index is 471. The van der Waals surface area contributed by atoms with Crippen molar-refractivity contribution in [3.63, 3.8) is 0 Å². The van der Waals surface area contributed by atoms with E-state index in [0.29, 0.717) is 0 Å². The number of nitrogens with zero attached hydrogens (tertiary/aromatic N) is 1. The van der Waals surface area contributed by atoms with Crippen LogP contribution in [0.25, 0.3) is 0 Å². The number of hydrogen-bond donors (Lipinski definition) is 0. The van der Waals surface area contributed by atoms with Crippen LogP contribution in [0, 0.1) is 12.3 Å². The highest BCUT2D eigenvalue weighted by molar-refractivity contribution is 14.1. The van der Waals surface area contributed by atoms with Gasteiger partial charge in [0.15, 0.2) is 0 Å². The van der Waals surface area contributed by atoms with Crippen LogP contribution in [0.4, 0.5) is 0 Å². The van der Waals surface area contributed by atoms with Crippen molar-refractivity contribution in [2.45, 2.75) is 61.2 Å². The summed E-state index contributed by atoms with van der Waals surface area (Å²) in [5, 5.41) is 0.637. The van der Waals surface area contributed by atoms with Gasteiger partial charge in [-0.3, -0.25) is 0 Å². The van der Waals surface area contributed by atoms with Crippen LogP contribution in [0.1, 0.15) is 52.4 Å². The van der Waals surface area contributed by atoms with Crippen LogP contribution in [0.15, 0.2) is 23.3 Å². The molecule has 2 atom stereocenters. The molecule has 24 heavy (non-hydrogen) atoms. The highest BCUT2D eigenvalue weighted by Gasteiger charge is 2.42. The van der Waals surface area contributed by atoms with E-state index in [-0.39, 0.29) is 8.80 Å². The summed E-state index contributed by atoms with van der Waals surface area (Å²) in [6.07, 6.45) is 19.3. The number of quaternary nitrogens is 1. The summed E-state index contributed by atoms with van der Waals surface area (Å²) < 4.78 is 0.839. The van der Waals surface area contributed by atoms with Gasteiger partial charge < -0.3 is 4.48 Å². The van der Waals surface area contributed by atoms with Gasteiger partial charge in [-0.1, -0.05) is 67.0 Å². The minimum atomic E-state index is -0.132. The molecule has 4 heteroatoms. The maximum atomic E-state index is 6.67. The Morgan fingerprint density at radius 1 is 1.21 bits per heavy atom. The van der Waals surface area contributed by atoms with Crippen LogP contribution in [-0.2, 0) is 0 Å². The summed E-state index contributed by atoms with van der Waals surface area (Å²) >= 11 is 15.3. The predicted molar refractivity (Wildman–Crippen MR) is 117 cm³/mol. The lowest BCUT2D eigenvalue weighted by atomic mass is 9.97. The Labute approximate surface area is 172 Å². The quantitative estimate of drug-likeness (QED) is 0.107. The molecule has 0 aromatic heterocycles. The van der Waals surface area contributed by atoms with Crippen molar-refractivity contribution in [2.24, 2.45) is 0 Å². The van der Waals surface area contributed by atoms with E-state index in [1.165, 1.54) is 38.5 Å². The summed E-state index contributed by atoms with van der Waals surface area (Å²) in [5.74, 6) is 2.95. The molecule has 0 spiro atoms. The summed E-state index contributed by atoms with van der Waals surface area (Å²) in [5.41, 5.74) is 0. The summed E-state index contributed by atoms with van der Waals surface area (Å²) in [7, 11) is 0. The van der Waals surface area contributed by atoms with E-state index in [2.05, 4.69) is 48.4 Å². The van der Waals surface area contributed by atoms with Crippen molar-refractivity contribution in [3.8, 4) is 12.3 Å². The van der Waals surface area contributed by atoms with Gasteiger partial charge in [0.05, 0.1) is 25.0 Å². The van der Waals surface area contributed by atoms with Crippen molar-refractivity contribution in [3.05, 3.63) is 23.3 Å². The van der Waals surface area contributed by atoms with Gasteiger partial charge in [-0.25, -0.2) is 0 Å². The first kappa shape index (κ1) is 22.4. The highest BCUT2D eigenvalue weighted by Crippen LogP contribution is 2.38. The van der Waals surface area contributed by atoms with E-state index < -0.39 is 0 Å². The molecule has 0 fully saturated rings. The Morgan fingerprint density at radius 2 is 1.79 bits per heavy atom. The fourth-order valence-electron chi connectivity index (χ4n) is 3.37. The van der Waals surface area contributed by atoms with Gasteiger partial charge in [-0.05, 0) is 43.8 Å². The van der Waals surface area contributed by atoms with Crippen molar-refractivity contribution in [2.75, 3.05) is 26.2 Å². The third-order valence-electron chi connectivity index (χ3n) is 4.76. The number of terminal acetylenes is 1. The molecule has 1 aliphatic carbocycles. The largest absolute Gasteiger partial charge is 0.312 e. The number of hydrogen-bond acceptors (Lipinski definition) is 0. The monoisotopic (exact) mass is 482 g/mol. The van der Waals surface area contributed by atoms with E-state index in [9.17, 15) is 0 Å². The minimum Gasteiger partial charge on any atom is -0.312 e. The molecule has 0 heterocycles. The number of alkyl halides is 2. The maximum Gasteiger partial charge on any atom is 0.140 e. The van der Waals surface area contributed by atoms with E-state index >= 15 is 0 Å². The lowest BCUT2D eigenvalue weighted by Crippen LogP contribution is -2.58. The Kier molecular flexibility index (Phi) is 10.4. The van der Waals surface area contributed by atoms with Crippen molar-refractivity contribution in [1.82, 2.24) is 0 Å². The molecule has 1 aliphatic rings. The third kappa shape index (κ3) is 6.90. The molecule has 0 amide bonds. The van der Waals surface area contributed by atoms with Gasteiger partial charge >= 0.3 is 0 Å². The molecule has 0 aliphatic heterocycles. The SMILES string of the molecule is C#CC[N+](CCCCC)(CCCCC)CC1(I)C=CC(Cl)=CC1Cl. The molecular weight excluding hydrogens is 452 g/mol. The number of unbranched alkanes of at least 4 members (excludes halogenated alkanes) is 4. The first-order chi connectivity index (χ1) is 11.4. The lowest BCUT2D eigenvalue weighted by molar-refractivity contribution is -0.922. The zero-order valence-electron chi connectivity index (χ0n) is 15.0. The van der Waals surface area contributed by atoms with Crippen molar-refractivity contribution < 1.29 is 4.48 Å². The summed E-state index contributed by atoms with van der Waals surface area (Å²) in [6.45, 7) is 8.53. The molecule has 0 aromatic rings. The molecule has 136 valence electrons. The van der Waals surface area contributed by atoms with Gasteiger partial charge in [0, 0.05) is 5.03 Å². The fourth-order valence-corrected chi connectivity index (χ4v) is 4.98. The van der Waals surface area contributed by atoms with Gasteiger partial charge in [0.1, 0.15) is 9.97 Å². The van der Waals surface area contributed by atoms with Crippen LogP contribution in [-0.4, -0.2) is 39.5 Å². The molecule has 0 aromatic carbocycles. The van der Waals surface area contributed by atoms with Gasteiger partial charge in [-0.2, -0.15) is 0 Å². The normalized spacial score (nSPS) is 23.8. The lowest BCUT2D eigenvalue weighted by Gasteiger charge is -2.44. The second-order valence-corrected chi connectivity index (χ2v) is 9.85. The van der Waals surface area contributed by atoms with E-state index in [0.717, 1.165) is 35.7 Å². The van der Waals surface area contributed by atoms with E-state index in [4.69, 9.17) is 29.6 Å². The Hall–Kier alpha value is 0.310.